The van der Waals surface area contributed by atoms with Gasteiger partial charge < -0.3 is 15.0 Å². The van der Waals surface area contributed by atoms with Gasteiger partial charge in [0.1, 0.15) is 0 Å². The molecule has 2 fully saturated rings. The summed E-state index contributed by atoms with van der Waals surface area (Å²) in [6.45, 7) is 9.74. The van der Waals surface area contributed by atoms with Crippen molar-refractivity contribution in [1.82, 2.24) is 15.1 Å². The van der Waals surface area contributed by atoms with E-state index in [0.717, 1.165) is 52.0 Å². The Hall–Kier alpha value is 0.0200. The van der Waals surface area contributed by atoms with Crippen molar-refractivity contribution in [1.29, 1.82) is 0 Å². The first-order chi connectivity index (χ1) is 10.3. The van der Waals surface area contributed by atoms with Crippen LogP contribution >= 0.6 is 27.3 Å². The number of thiophene rings is 1. The van der Waals surface area contributed by atoms with Crippen molar-refractivity contribution in [3.8, 4) is 0 Å². The molecule has 2 aliphatic rings. The maximum Gasteiger partial charge on any atom is 0.0594 e. The Labute approximate surface area is 139 Å². The highest BCUT2D eigenvalue weighted by Gasteiger charge is 2.28. The largest absolute Gasteiger partial charge is 0.379 e. The maximum absolute atomic E-state index is 5.44. The molecule has 1 aromatic rings. The predicted molar refractivity (Wildman–Crippen MR) is 91.0 cm³/mol. The minimum Gasteiger partial charge on any atom is -0.379 e. The van der Waals surface area contributed by atoms with Crippen LogP contribution in [0, 0.1) is 0 Å². The molecule has 0 spiro atoms. The molecule has 0 radical (unpaired) electrons. The van der Waals surface area contributed by atoms with Gasteiger partial charge in [-0.25, -0.2) is 0 Å². The Bertz CT molecular complexity index is 436. The Morgan fingerprint density at radius 1 is 1.33 bits per heavy atom. The highest BCUT2D eigenvalue weighted by atomic mass is 79.9. The molecule has 1 unspecified atom stereocenters. The van der Waals surface area contributed by atoms with E-state index in [1.54, 1.807) is 0 Å². The quantitative estimate of drug-likeness (QED) is 0.771. The topological polar surface area (TPSA) is 27.7 Å². The summed E-state index contributed by atoms with van der Waals surface area (Å²) in [6.07, 6.45) is 1.32. The molecule has 4 nitrogen and oxygen atoms in total. The van der Waals surface area contributed by atoms with Gasteiger partial charge in [-0.2, -0.15) is 0 Å². The molecule has 6 heteroatoms. The van der Waals surface area contributed by atoms with Crippen LogP contribution in [-0.4, -0.2) is 68.3 Å². The first-order valence-electron chi connectivity index (χ1n) is 7.79. The first-order valence-corrected chi connectivity index (χ1v) is 9.46. The van der Waals surface area contributed by atoms with Crippen LogP contribution in [0.5, 0.6) is 0 Å². The number of ether oxygens (including phenoxy) is 1. The molecule has 0 amide bonds. The summed E-state index contributed by atoms with van der Waals surface area (Å²) in [6, 6.07) is 2.95. The molecule has 3 rings (SSSR count). The zero-order valence-corrected chi connectivity index (χ0v) is 14.8. The Morgan fingerprint density at radius 3 is 2.95 bits per heavy atom. The van der Waals surface area contributed by atoms with Gasteiger partial charge in [0.15, 0.2) is 0 Å². The van der Waals surface area contributed by atoms with Crippen molar-refractivity contribution in [3.05, 3.63) is 20.8 Å². The normalized spacial score (nSPS) is 24.7. The average Bonchev–Trinajstić information content (AvgIpc) is 3.14. The van der Waals surface area contributed by atoms with Crippen molar-refractivity contribution in [3.63, 3.8) is 0 Å². The van der Waals surface area contributed by atoms with E-state index in [-0.39, 0.29) is 0 Å². The van der Waals surface area contributed by atoms with E-state index in [1.165, 1.54) is 28.9 Å². The Morgan fingerprint density at radius 2 is 2.19 bits per heavy atom. The Kier molecular flexibility index (Phi) is 6.08. The van der Waals surface area contributed by atoms with Crippen LogP contribution in [0.2, 0.25) is 0 Å². The minimum atomic E-state index is 0.752. The van der Waals surface area contributed by atoms with Crippen molar-refractivity contribution in [2.24, 2.45) is 0 Å². The van der Waals surface area contributed by atoms with E-state index in [0.29, 0.717) is 0 Å². The lowest BCUT2D eigenvalue weighted by Crippen LogP contribution is -2.45. The summed E-state index contributed by atoms with van der Waals surface area (Å²) < 4.78 is 6.63. The fourth-order valence-electron chi connectivity index (χ4n) is 3.15. The highest BCUT2D eigenvalue weighted by Crippen LogP contribution is 2.19. The summed E-state index contributed by atoms with van der Waals surface area (Å²) in [5, 5.41) is 5.69. The zero-order chi connectivity index (χ0) is 14.5. The second-order valence-electron chi connectivity index (χ2n) is 5.80. The number of hydrogen-bond donors (Lipinski definition) is 1. The van der Waals surface area contributed by atoms with Gasteiger partial charge >= 0.3 is 0 Å². The van der Waals surface area contributed by atoms with Crippen LogP contribution in [0.1, 0.15) is 11.3 Å². The van der Waals surface area contributed by atoms with E-state index in [1.807, 2.05) is 11.3 Å². The smallest absolute Gasteiger partial charge is 0.0594 e. The summed E-state index contributed by atoms with van der Waals surface area (Å²) in [5.41, 5.74) is 0. The second kappa shape index (κ2) is 8.04. The molecule has 1 N–H and O–H groups in total. The molecule has 118 valence electrons. The number of hydrogen-bond acceptors (Lipinski definition) is 5. The Balaban J connectivity index is 1.31. The molecule has 2 aliphatic heterocycles. The average molecular weight is 374 g/mol. The van der Waals surface area contributed by atoms with Gasteiger partial charge in [-0.3, -0.25) is 4.90 Å². The molecule has 0 saturated carbocycles. The number of morpholine rings is 1. The van der Waals surface area contributed by atoms with Gasteiger partial charge in [-0.05, 0) is 35.0 Å². The predicted octanol–water partition coefficient (Wildman–Crippen LogP) is 2.01. The van der Waals surface area contributed by atoms with Gasteiger partial charge in [0.25, 0.3) is 0 Å². The zero-order valence-electron chi connectivity index (χ0n) is 12.4. The third kappa shape index (κ3) is 4.74. The van der Waals surface area contributed by atoms with Gasteiger partial charge in [-0.1, -0.05) is 0 Å². The number of likely N-dealkylation sites (tertiary alicyclic amines) is 1. The van der Waals surface area contributed by atoms with E-state index in [4.69, 9.17) is 4.74 Å². The van der Waals surface area contributed by atoms with Gasteiger partial charge in [-0.15, -0.1) is 11.3 Å². The third-order valence-corrected chi connectivity index (χ3v) is 6.03. The molecule has 2 saturated heterocycles. The minimum absolute atomic E-state index is 0.752. The third-order valence-electron chi connectivity index (χ3n) is 4.34. The monoisotopic (exact) mass is 373 g/mol. The van der Waals surface area contributed by atoms with Crippen LogP contribution in [0.25, 0.3) is 0 Å². The SMILES string of the molecule is Brc1csc(CNCCN2CCC(N3CCOCC3)C2)c1. The van der Waals surface area contributed by atoms with E-state index in [9.17, 15) is 0 Å². The standard InChI is InChI=1S/C15H24BrN3OS/c16-13-9-15(21-12-13)10-17-2-4-18-3-1-14(11-18)19-5-7-20-8-6-19/h9,12,14,17H,1-8,10-11H2. The van der Waals surface area contributed by atoms with Gasteiger partial charge in [0.05, 0.1) is 13.2 Å². The summed E-state index contributed by atoms with van der Waals surface area (Å²) in [7, 11) is 0. The molecular formula is C15H24BrN3OS. The summed E-state index contributed by atoms with van der Waals surface area (Å²) in [4.78, 5) is 6.60. The lowest BCUT2D eigenvalue weighted by molar-refractivity contribution is 0.0185. The molecule has 0 bridgehead atoms. The van der Waals surface area contributed by atoms with E-state index < -0.39 is 0 Å². The van der Waals surface area contributed by atoms with Crippen LogP contribution in [0.4, 0.5) is 0 Å². The molecule has 0 aromatic carbocycles. The van der Waals surface area contributed by atoms with Crippen LogP contribution in [0.3, 0.4) is 0 Å². The number of nitrogens with zero attached hydrogens (tertiary/aromatic N) is 2. The molecular weight excluding hydrogens is 350 g/mol. The van der Waals surface area contributed by atoms with Crippen LogP contribution in [0.15, 0.2) is 15.9 Å². The summed E-state index contributed by atoms with van der Waals surface area (Å²) >= 11 is 5.31. The van der Waals surface area contributed by atoms with Crippen LogP contribution in [-0.2, 0) is 11.3 Å². The molecule has 1 atom stereocenters. The van der Waals surface area contributed by atoms with Crippen molar-refractivity contribution >= 4 is 27.3 Å². The number of halogens is 1. The fraction of sp³-hybridized carbons (Fsp3) is 0.733. The lowest BCUT2D eigenvalue weighted by atomic mass is 10.2. The summed E-state index contributed by atoms with van der Waals surface area (Å²) in [5.74, 6) is 0. The van der Waals surface area contributed by atoms with Crippen molar-refractivity contribution < 1.29 is 4.74 Å². The van der Waals surface area contributed by atoms with E-state index in [2.05, 4.69) is 42.5 Å². The van der Waals surface area contributed by atoms with Crippen LogP contribution < -0.4 is 5.32 Å². The molecule has 0 aliphatic carbocycles. The molecule has 3 heterocycles. The molecule has 1 aromatic heterocycles. The van der Waals surface area contributed by atoms with Gasteiger partial charge in [0, 0.05) is 60.0 Å². The molecule has 21 heavy (non-hydrogen) atoms. The number of rotatable bonds is 6. The van der Waals surface area contributed by atoms with Crippen molar-refractivity contribution in [2.45, 2.75) is 19.0 Å². The van der Waals surface area contributed by atoms with E-state index >= 15 is 0 Å². The van der Waals surface area contributed by atoms with Crippen molar-refractivity contribution in [2.75, 3.05) is 52.5 Å². The first kappa shape index (κ1) is 15.9. The lowest BCUT2D eigenvalue weighted by Gasteiger charge is -2.32. The fourth-order valence-corrected chi connectivity index (χ4v) is 4.57. The number of nitrogens with one attached hydrogen (secondary N) is 1. The van der Waals surface area contributed by atoms with Gasteiger partial charge in [0.2, 0.25) is 0 Å². The second-order valence-corrected chi connectivity index (χ2v) is 7.71. The highest BCUT2D eigenvalue weighted by molar-refractivity contribution is 9.10. The maximum atomic E-state index is 5.44.